The van der Waals surface area contributed by atoms with Crippen LogP contribution in [0, 0.1) is 93.9 Å². The topological polar surface area (TPSA) is 156 Å². The van der Waals surface area contributed by atoms with Gasteiger partial charge in [0, 0.05) is 22.7 Å². The average molecular weight is 1320 g/mol. The molecule has 0 heterocycles. The molecule has 2 unspecified atom stereocenters. The standard InChI is InChI=1S/2C24H28NP.2C4HF9O3S/c2*1-15-11-17(3)23(18(4)12-15)26(22-10-8-7-9-21(22)25)24-19(5)13-16(2)14-20(24)6;2*5-1(6,3(9,10)11)2(7,8)4(12,13)17(14,15)16/h2*7-14,22,25H,1-6H3;2*(H,14,15,16). The summed E-state index contributed by atoms with van der Waals surface area (Å²) in [7, 11) is -15.7. The molecule has 2 aliphatic rings. The Morgan fingerprint density at radius 3 is 0.686 bits per heavy atom. The van der Waals surface area contributed by atoms with Crippen molar-refractivity contribution in [3.8, 4) is 0 Å². The molecule has 0 saturated carbocycles. The van der Waals surface area contributed by atoms with Gasteiger partial charge >= 0.3 is 66.8 Å². The molecule has 4 aromatic carbocycles. The second-order valence-electron chi connectivity index (χ2n) is 20.3. The summed E-state index contributed by atoms with van der Waals surface area (Å²) in [6.07, 6.45) is 2.28. The lowest BCUT2D eigenvalue weighted by atomic mass is 10.1. The number of nitrogens with one attached hydrogen (secondary N) is 2. The summed E-state index contributed by atoms with van der Waals surface area (Å²) in [5, 5.41) is 9.00. The maximum atomic E-state index is 12.2. The van der Waals surface area contributed by atoms with Crippen molar-refractivity contribution in [1.82, 2.24) is 0 Å². The van der Waals surface area contributed by atoms with Crippen LogP contribution in [-0.4, -0.2) is 95.2 Å². The van der Waals surface area contributed by atoms with Crippen LogP contribution in [0.25, 0.3) is 0 Å². The van der Waals surface area contributed by atoms with E-state index in [-0.39, 0.29) is 11.3 Å². The van der Waals surface area contributed by atoms with E-state index in [0.29, 0.717) is 0 Å². The monoisotopic (exact) mass is 1320 g/mol. The van der Waals surface area contributed by atoms with Crippen molar-refractivity contribution in [3.63, 3.8) is 0 Å². The van der Waals surface area contributed by atoms with Gasteiger partial charge in [-0.15, -0.1) is 0 Å². The zero-order valence-electron chi connectivity index (χ0n) is 47.4. The van der Waals surface area contributed by atoms with Crippen LogP contribution in [0.2, 0.25) is 0 Å². The van der Waals surface area contributed by atoms with Gasteiger partial charge in [0.2, 0.25) is 0 Å². The van der Waals surface area contributed by atoms with Crippen LogP contribution in [0.4, 0.5) is 79.0 Å². The van der Waals surface area contributed by atoms with Gasteiger partial charge in [0.25, 0.3) is 0 Å². The molecule has 0 bridgehead atoms. The first-order valence-corrected chi connectivity index (χ1v) is 30.4. The Morgan fingerprint density at radius 2 is 0.535 bits per heavy atom. The Balaban J connectivity index is 0.000000307. The number of allylic oxidation sites excluding steroid dienone is 8. The molecule has 86 heavy (non-hydrogen) atoms. The molecule has 2 atom stereocenters. The van der Waals surface area contributed by atoms with Crippen molar-refractivity contribution >= 4 is 68.7 Å². The summed E-state index contributed by atoms with van der Waals surface area (Å²) >= 11 is 0. The molecule has 0 amide bonds. The molecule has 0 aliphatic heterocycles. The zero-order chi connectivity index (χ0) is 67.0. The Kier molecular flexibility index (Phi) is 22.9. The molecule has 4 N–H and O–H groups in total. The third-order valence-electron chi connectivity index (χ3n) is 12.9. The molecule has 0 spiro atoms. The SMILES string of the molecule is Cc1cc(C)c(P(c2c(C)cc(C)cc2C)C2C=CC=CC2=N)c(C)c1.Cc1cc(C)c(P(c2c(C)cc(C)cc2C)C2C=CC=CC2=N)c(C)c1.O=S(=O)(O)C(F)(F)C(F)(F)C(F)(F)C(F)(F)F.O=S(=O)(O)C(F)(F)C(F)(F)C(F)(F)C(F)(F)F. The van der Waals surface area contributed by atoms with E-state index in [1.54, 1.807) is 0 Å². The van der Waals surface area contributed by atoms with Crippen LogP contribution in [-0.2, 0) is 20.2 Å². The minimum absolute atomic E-state index is 0.134. The third kappa shape index (κ3) is 15.2. The highest BCUT2D eigenvalue weighted by atomic mass is 32.2. The molecule has 2 aliphatic carbocycles. The van der Waals surface area contributed by atoms with Crippen molar-refractivity contribution in [2.24, 2.45) is 0 Å². The minimum atomic E-state index is -7.37. The van der Waals surface area contributed by atoms with E-state index in [1.807, 2.05) is 24.3 Å². The van der Waals surface area contributed by atoms with E-state index in [2.05, 4.69) is 156 Å². The summed E-state index contributed by atoms with van der Waals surface area (Å²) in [6.45, 7) is 26.5. The highest BCUT2D eigenvalue weighted by Crippen LogP contribution is 2.56. The Labute approximate surface area is 487 Å². The van der Waals surface area contributed by atoms with Gasteiger partial charge in [-0.1, -0.05) is 107 Å². The van der Waals surface area contributed by atoms with E-state index in [9.17, 15) is 95.9 Å². The molecule has 0 aromatic heterocycles. The molecule has 476 valence electrons. The van der Waals surface area contributed by atoms with Gasteiger partial charge in [-0.3, -0.25) is 9.11 Å². The predicted octanol–water partition coefficient (Wildman–Crippen LogP) is 15.6. The highest BCUT2D eigenvalue weighted by Gasteiger charge is 2.86. The third-order valence-corrected chi connectivity index (χ3v) is 21.5. The second kappa shape index (κ2) is 26.4. The van der Waals surface area contributed by atoms with Crippen molar-refractivity contribution in [3.05, 3.63) is 164 Å². The van der Waals surface area contributed by atoms with Crippen LogP contribution in [0.5, 0.6) is 0 Å². The summed E-state index contributed by atoms with van der Waals surface area (Å²) in [6, 6.07) is 18.4. The fourth-order valence-electron chi connectivity index (χ4n) is 9.55. The molecule has 0 fully saturated rings. The van der Waals surface area contributed by atoms with E-state index in [0.717, 1.165) is 11.4 Å². The number of hydrogen-bond acceptors (Lipinski definition) is 6. The lowest BCUT2D eigenvalue weighted by Gasteiger charge is -2.32. The summed E-state index contributed by atoms with van der Waals surface area (Å²) in [5.74, 6) is -29.4. The maximum absolute atomic E-state index is 12.2. The Bertz CT molecular complexity index is 3160. The molecular weight excluding hydrogens is 1260 g/mol. The number of halogens is 18. The number of alkyl halides is 18. The summed E-state index contributed by atoms with van der Waals surface area (Å²) < 4.78 is 268. The Morgan fingerprint density at radius 1 is 0.349 bits per heavy atom. The van der Waals surface area contributed by atoms with Crippen molar-refractivity contribution in [2.45, 2.75) is 141 Å². The van der Waals surface area contributed by atoms with Gasteiger partial charge in [0.05, 0.1) is 0 Å². The fraction of sp³-hybridized carbons (Fsp3) is 0.393. The minimum Gasteiger partial charge on any atom is -0.304 e. The second-order valence-corrected chi connectivity index (χ2v) is 27.6. The predicted molar refractivity (Wildman–Crippen MR) is 299 cm³/mol. The molecule has 6 rings (SSSR count). The first-order valence-electron chi connectivity index (χ1n) is 24.7. The molecular formula is C56H58F18N2O6P2S2. The van der Waals surface area contributed by atoms with Gasteiger partial charge in [-0.2, -0.15) is 95.9 Å². The van der Waals surface area contributed by atoms with Crippen LogP contribution < -0.4 is 21.2 Å². The van der Waals surface area contributed by atoms with Crippen LogP contribution in [0.3, 0.4) is 0 Å². The fourth-order valence-corrected chi connectivity index (χ4v) is 16.8. The lowest BCUT2D eigenvalue weighted by Crippen LogP contribution is -2.63. The first-order chi connectivity index (χ1) is 38.6. The quantitative estimate of drug-likeness (QED) is 0.0629. The average Bonchev–Trinajstić information content (AvgIpc) is 0.831. The summed E-state index contributed by atoms with van der Waals surface area (Å²) in [4.78, 5) is 0. The van der Waals surface area contributed by atoms with Crippen molar-refractivity contribution in [2.75, 3.05) is 0 Å². The first kappa shape index (κ1) is 74.9. The van der Waals surface area contributed by atoms with E-state index >= 15 is 0 Å². The smallest absolute Gasteiger partial charge is 0.304 e. The van der Waals surface area contributed by atoms with Crippen LogP contribution in [0.15, 0.2) is 97.1 Å². The highest BCUT2D eigenvalue weighted by molar-refractivity contribution is 7.87. The van der Waals surface area contributed by atoms with E-state index in [1.165, 1.54) is 88.0 Å². The summed E-state index contributed by atoms with van der Waals surface area (Å²) in [5.41, 5.74) is 17.8. The van der Waals surface area contributed by atoms with Crippen molar-refractivity contribution in [1.29, 1.82) is 10.8 Å². The van der Waals surface area contributed by atoms with Gasteiger partial charge in [0.1, 0.15) is 0 Å². The van der Waals surface area contributed by atoms with E-state index < -0.39 is 82.6 Å². The van der Waals surface area contributed by atoms with Crippen LogP contribution in [0.1, 0.15) is 66.8 Å². The van der Waals surface area contributed by atoms with Gasteiger partial charge < -0.3 is 10.8 Å². The molecule has 4 aromatic rings. The maximum Gasteiger partial charge on any atom is 0.460 e. The Hall–Kier alpha value is -5.40. The number of benzene rings is 4. The van der Waals surface area contributed by atoms with E-state index in [4.69, 9.17) is 19.9 Å². The van der Waals surface area contributed by atoms with Gasteiger partial charge in [0.15, 0.2) is 0 Å². The van der Waals surface area contributed by atoms with Crippen LogP contribution >= 0.6 is 15.8 Å². The van der Waals surface area contributed by atoms with Gasteiger partial charge in [-0.25, -0.2) is 0 Å². The molecule has 0 radical (unpaired) electrons. The lowest BCUT2D eigenvalue weighted by molar-refractivity contribution is -0.382. The number of hydrogen-bond donors (Lipinski definition) is 4. The van der Waals surface area contributed by atoms with Gasteiger partial charge in [-0.05, 0) is 177 Å². The number of aryl methyl sites for hydroxylation is 12. The normalized spacial score (nSPS) is 16.4. The zero-order valence-corrected chi connectivity index (χ0v) is 50.9. The molecule has 0 saturated heterocycles. The van der Waals surface area contributed by atoms with Crippen molar-refractivity contribution < 1.29 is 105 Å². The largest absolute Gasteiger partial charge is 0.460 e. The number of rotatable bonds is 12. The molecule has 8 nitrogen and oxygen atoms in total. The molecule has 30 heteroatoms.